The molecule has 0 spiro atoms. The van der Waals surface area contributed by atoms with Crippen LogP contribution in [-0.2, 0) is 0 Å². The Hall–Kier alpha value is -2.48. The molecule has 0 aromatic heterocycles. The summed E-state index contributed by atoms with van der Waals surface area (Å²) in [6, 6.07) is 16.0. The van der Waals surface area contributed by atoms with Crippen molar-refractivity contribution in [1.29, 1.82) is 0 Å². The van der Waals surface area contributed by atoms with Gasteiger partial charge in [-0.2, -0.15) is 0 Å². The van der Waals surface area contributed by atoms with Crippen LogP contribution in [-0.4, -0.2) is 5.78 Å². The molecule has 3 aliphatic rings. The van der Waals surface area contributed by atoms with E-state index in [0.29, 0.717) is 16.7 Å². The predicted molar refractivity (Wildman–Crippen MR) is 71.9 cm³/mol. The predicted octanol–water partition coefficient (Wildman–Crippen LogP) is 4.14. The van der Waals surface area contributed by atoms with Crippen LogP contribution in [0.4, 0.5) is 4.39 Å². The first-order chi connectivity index (χ1) is 9.25. The lowest BCUT2D eigenvalue weighted by molar-refractivity contribution is 0.104. The van der Waals surface area contributed by atoms with Crippen LogP contribution in [0.1, 0.15) is 15.9 Å². The van der Waals surface area contributed by atoms with Gasteiger partial charge in [0.05, 0.1) is 0 Å². The highest BCUT2D eigenvalue weighted by Crippen LogP contribution is 2.45. The molecule has 2 heteroatoms. The van der Waals surface area contributed by atoms with Gasteiger partial charge in [-0.05, 0) is 46.5 Å². The van der Waals surface area contributed by atoms with Gasteiger partial charge in [0.1, 0.15) is 5.82 Å². The molecule has 0 heterocycles. The highest BCUT2D eigenvalue weighted by atomic mass is 19.1. The molecular weight excluding hydrogens is 239 g/mol. The van der Waals surface area contributed by atoms with E-state index in [1.54, 1.807) is 6.07 Å². The van der Waals surface area contributed by atoms with E-state index in [4.69, 9.17) is 0 Å². The molecule has 1 aromatic carbocycles. The molecule has 90 valence electrons. The minimum absolute atomic E-state index is 0.00815. The fourth-order valence-electron chi connectivity index (χ4n) is 2.82. The van der Waals surface area contributed by atoms with Crippen molar-refractivity contribution in [3.05, 3.63) is 71.5 Å². The smallest absolute Gasteiger partial charge is 0.194 e. The van der Waals surface area contributed by atoms with E-state index in [1.807, 2.05) is 36.4 Å². The first-order valence-electron chi connectivity index (χ1n) is 6.12. The Bertz CT molecular complexity index is 804. The largest absolute Gasteiger partial charge is 0.289 e. The van der Waals surface area contributed by atoms with Gasteiger partial charge in [-0.15, -0.1) is 0 Å². The van der Waals surface area contributed by atoms with Crippen molar-refractivity contribution in [3.63, 3.8) is 0 Å². The van der Waals surface area contributed by atoms with Gasteiger partial charge in [-0.25, -0.2) is 4.39 Å². The first-order valence-corrected chi connectivity index (χ1v) is 6.12. The number of rotatable bonds is 0. The topological polar surface area (TPSA) is 17.1 Å². The highest BCUT2D eigenvalue weighted by molar-refractivity contribution is 6.26. The van der Waals surface area contributed by atoms with Crippen LogP contribution in [0.25, 0.3) is 22.3 Å². The van der Waals surface area contributed by atoms with Crippen LogP contribution in [0.2, 0.25) is 0 Å². The van der Waals surface area contributed by atoms with Crippen molar-refractivity contribution < 1.29 is 9.18 Å². The van der Waals surface area contributed by atoms with E-state index in [-0.39, 0.29) is 11.6 Å². The summed E-state index contributed by atoms with van der Waals surface area (Å²) in [5.41, 5.74) is 4.80. The van der Waals surface area contributed by atoms with Gasteiger partial charge in [0.15, 0.2) is 5.78 Å². The quantitative estimate of drug-likeness (QED) is 0.457. The lowest BCUT2D eigenvalue weighted by Crippen LogP contribution is -1.96. The maximum Gasteiger partial charge on any atom is 0.194 e. The third-order valence-electron chi connectivity index (χ3n) is 3.65. The normalized spacial score (nSPS) is 12.6. The van der Waals surface area contributed by atoms with E-state index in [9.17, 15) is 9.18 Å². The Kier molecular flexibility index (Phi) is 1.93. The van der Waals surface area contributed by atoms with Crippen molar-refractivity contribution in [2.75, 3.05) is 0 Å². The zero-order valence-electron chi connectivity index (χ0n) is 9.98. The molecule has 1 nitrogen and oxygen atoms in total. The van der Waals surface area contributed by atoms with Gasteiger partial charge < -0.3 is 0 Å². The Morgan fingerprint density at radius 3 is 2.47 bits per heavy atom. The van der Waals surface area contributed by atoms with Gasteiger partial charge in [-0.3, -0.25) is 4.79 Å². The zero-order valence-corrected chi connectivity index (χ0v) is 9.98. The number of hydrogen-bond acceptors (Lipinski definition) is 1. The summed E-state index contributed by atoms with van der Waals surface area (Å²) in [7, 11) is 0. The minimum atomic E-state index is -0.310. The van der Waals surface area contributed by atoms with Gasteiger partial charge in [-0.1, -0.05) is 30.3 Å². The second-order valence-corrected chi connectivity index (χ2v) is 4.73. The summed E-state index contributed by atoms with van der Waals surface area (Å²) < 4.78 is 13.4. The number of ketones is 1. The molecular formula is C17H9FO. The van der Waals surface area contributed by atoms with Gasteiger partial charge in [0.25, 0.3) is 0 Å². The number of hydrogen-bond donors (Lipinski definition) is 0. The SMILES string of the molecule is O=C1c2ccc(F)cc2-c2cc3cccccc-3c21. The van der Waals surface area contributed by atoms with Crippen molar-refractivity contribution in [2.45, 2.75) is 0 Å². The van der Waals surface area contributed by atoms with Gasteiger partial charge >= 0.3 is 0 Å². The molecule has 0 atom stereocenters. The number of benzene rings is 1. The summed E-state index contributed by atoms with van der Waals surface area (Å²) >= 11 is 0. The molecule has 0 N–H and O–H groups in total. The molecule has 4 rings (SSSR count). The van der Waals surface area contributed by atoms with Crippen LogP contribution in [0.3, 0.4) is 0 Å². The summed E-state index contributed by atoms with van der Waals surface area (Å²) in [6.45, 7) is 0. The fourth-order valence-corrected chi connectivity index (χ4v) is 2.82. The third-order valence-corrected chi connectivity index (χ3v) is 3.65. The minimum Gasteiger partial charge on any atom is -0.289 e. The number of fused-ring (bicyclic) bond motifs is 5. The van der Waals surface area contributed by atoms with Gasteiger partial charge in [0.2, 0.25) is 0 Å². The maximum atomic E-state index is 13.4. The molecule has 0 unspecified atom stereocenters. The fraction of sp³-hybridized carbons (Fsp3) is 0. The number of halogens is 1. The van der Waals surface area contributed by atoms with Gasteiger partial charge in [0, 0.05) is 11.1 Å². The molecule has 0 fully saturated rings. The Morgan fingerprint density at radius 2 is 1.58 bits per heavy atom. The van der Waals surface area contributed by atoms with Crippen LogP contribution in [0.5, 0.6) is 0 Å². The van der Waals surface area contributed by atoms with Crippen molar-refractivity contribution in [1.82, 2.24) is 0 Å². The Morgan fingerprint density at radius 1 is 0.737 bits per heavy atom. The molecule has 3 aliphatic carbocycles. The lowest BCUT2D eigenvalue weighted by Gasteiger charge is -1.99. The second-order valence-electron chi connectivity index (χ2n) is 4.73. The Labute approximate surface area is 109 Å². The first kappa shape index (κ1) is 10.4. The van der Waals surface area contributed by atoms with E-state index in [2.05, 4.69) is 0 Å². The summed E-state index contributed by atoms with van der Waals surface area (Å²) in [6.07, 6.45) is 0. The summed E-state index contributed by atoms with van der Waals surface area (Å²) in [4.78, 5) is 12.5. The standard InChI is InChI=1S/C17H9FO/c18-11-6-7-13-14(9-11)15-8-10-4-2-1-3-5-12(10)16(15)17(13)19/h1-9H. The van der Waals surface area contributed by atoms with Crippen LogP contribution < -0.4 is 0 Å². The molecule has 0 radical (unpaired) electrons. The van der Waals surface area contributed by atoms with Crippen molar-refractivity contribution in [3.8, 4) is 22.3 Å². The van der Waals surface area contributed by atoms with Crippen molar-refractivity contribution in [2.24, 2.45) is 0 Å². The lowest BCUT2D eigenvalue weighted by atomic mass is 10.0. The number of carbonyl (C=O) groups is 1. The van der Waals surface area contributed by atoms with E-state index < -0.39 is 0 Å². The molecule has 19 heavy (non-hydrogen) atoms. The zero-order chi connectivity index (χ0) is 13.0. The molecule has 0 aliphatic heterocycles. The summed E-state index contributed by atoms with van der Waals surface area (Å²) in [5.74, 6) is -0.318. The average Bonchev–Trinajstić information content (AvgIpc) is 2.77. The number of carbonyl (C=O) groups excluding carboxylic acids is 1. The van der Waals surface area contributed by atoms with Crippen LogP contribution in [0.15, 0.2) is 54.6 Å². The van der Waals surface area contributed by atoms with Crippen molar-refractivity contribution >= 4 is 5.78 Å². The Balaban J connectivity index is 2.12. The summed E-state index contributed by atoms with van der Waals surface area (Å²) in [5, 5.41) is 0. The molecule has 0 saturated heterocycles. The van der Waals surface area contributed by atoms with E-state index >= 15 is 0 Å². The van der Waals surface area contributed by atoms with Crippen LogP contribution in [0, 0.1) is 5.82 Å². The molecule has 0 bridgehead atoms. The molecule has 0 saturated carbocycles. The van der Waals surface area contributed by atoms with E-state index in [1.165, 1.54) is 12.1 Å². The molecule has 0 amide bonds. The van der Waals surface area contributed by atoms with Crippen LogP contribution >= 0.6 is 0 Å². The third kappa shape index (κ3) is 1.31. The monoisotopic (exact) mass is 248 g/mol. The maximum absolute atomic E-state index is 13.4. The highest BCUT2D eigenvalue weighted by Gasteiger charge is 2.31. The van der Waals surface area contributed by atoms with E-state index in [0.717, 1.165) is 16.7 Å². The average molecular weight is 248 g/mol. The second kappa shape index (κ2) is 3.51. The molecule has 1 aromatic rings.